The molecule has 0 atom stereocenters. The number of fused-ring (bicyclic) bond motifs is 1. The Hall–Kier alpha value is -1.79. The standard InChI is InChI=1S/C17H17NO3S2/c1-22-16-5-3-2-4-13(16)18-17(19)11-23-12-6-7-14-15(10-12)21-9-8-20-14/h2-7,10H,8-9,11H2,1H3,(H,18,19). The van der Waals surface area contributed by atoms with Crippen molar-refractivity contribution < 1.29 is 14.3 Å². The molecule has 0 saturated carbocycles. The van der Waals surface area contributed by atoms with E-state index in [9.17, 15) is 4.79 Å². The van der Waals surface area contributed by atoms with Crippen molar-refractivity contribution in [3.63, 3.8) is 0 Å². The molecule has 3 rings (SSSR count). The SMILES string of the molecule is CSc1ccccc1NC(=O)CSc1ccc2c(c1)OCCO2. The minimum absolute atomic E-state index is 0.0219. The van der Waals surface area contributed by atoms with Crippen LogP contribution in [0.2, 0.25) is 0 Å². The Morgan fingerprint density at radius 2 is 1.91 bits per heavy atom. The van der Waals surface area contributed by atoms with Gasteiger partial charge in [0.05, 0.1) is 11.4 Å². The molecular weight excluding hydrogens is 330 g/mol. The van der Waals surface area contributed by atoms with Gasteiger partial charge in [-0.2, -0.15) is 0 Å². The Balaban J connectivity index is 1.58. The third-order valence-corrected chi connectivity index (χ3v) is 5.05. The number of para-hydroxylation sites is 1. The fourth-order valence-electron chi connectivity index (χ4n) is 2.20. The number of anilines is 1. The van der Waals surface area contributed by atoms with E-state index in [1.807, 2.05) is 48.7 Å². The van der Waals surface area contributed by atoms with Crippen LogP contribution in [0.15, 0.2) is 52.3 Å². The van der Waals surface area contributed by atoms with Gasteiger partial charge in [0.2, 0.25) is 5.91 Å². The lowest BCUT2D eigenvalue weighted by Crippen LogP contribution is -2.15. The number of carbonyl (C=O) groups is 1. The van der Waals surface area contributed by atoms with E-state index in [2.05, 4.69) is 5.32 Å². The summed E-state index contributed by atoms with van der Waals surface area (Å²) in [6, 6.07) is 13.5. The summed E-state index contributed by atoms with van der Waals surface area (Å²) < 4.78 is 11.0. The number of hydrogen-bond acceptors (Lipinski definition) is 5. The maximum Gasteiger partial charge on any atom is 0.234 e. The number of carbonyl (C=O) groups excluding carboxylic acids is 1. The molecule has 0 aromatic heterocycles. The summed E-state index contributed by atoms with van der Waals surface area (Å²) in [6.45, 7) is 1.14. The zero-order valence-corrected chi connectivity index (χ0v) is 14.3. The molecule has 1 heterocycles. The van der Waals surface area contributed by atoms with Crippen LogP contribution in [0.25, 0.3) is 0 Å². The highest BCUT2D eigenvalue weighted by Gasteiger charge is 2.13. The molecule has 2 aromatic rings. The van der Waals surface area contributed by atoms with Gasteiger partial charge in [-0.15, -0.1) is 23.5 Å². The molecule has 0 aliphatic carbocycles. The highest BCUT2D eigenvalue weighted by Crippen LogP contribution is 2.34. The fraction of sp³-hybridized carbons (Fsp3) is 0.235. The average Bonchev–Trinajstić information content (AvgIpc) is 2.60. The number of nitrogens with one attached hydrogen (secondary N) is 1. The highest BCUT2D eigenvalue weighted by atomic mass is 32.2. The molecule has 0 unspecified atom stereocenters. The van der Waals surface area contributed by atoms with Crippen molar-refractivity contribution in [3.8, 4) is 11.5 Å². The second kappa shape index (κ2) is 7.66. The van der Waals surface area contributed by atoms with Crippen molar-refractivity contribution in [2.24, 2.45) is 0 Å². The third-order valence-electron chi connectivity index (χ3n) is 3.26. The third kappa shape index (κ3) is 4.14. The summed E-state index contributed by atoms with van der Waals surface area (Å²) in [4.78, 5) is 14.2. The van der Waals surface area contributed by atoms with Gasteiger partial charge >= 0.3 is 0 Å². The number of thioether (sulfide) groups is 2. The molecular formula is C17H17NO3S2. The normalized spacial score (nSPS) is 12.7. The van der Waals surface area contributed by atoms with E-state index >= 15 is 0 Å². The van der Waals surface area contributed by atoms with Gasteiger partial charge in [0.1, 0.15) is 13.2 Å². The summed E-state index contributed by atoms with van der Waals surface area (Å²) in [5.74, 6) is 1.84. The van der Waals surface area contributed by atoms with Crippen molar-refractivity contribution in [2.75, 3.05) is 30.5 Å². The molecule has 1 amide bonds. The first-order valence-electron chi connectivity index (χ1n) is 7.21. The molecule has 0 spiro atoms. The lowest BCUT2D eigenvalue weighted by Gasteiger charge is -2.18. The van der Waals surface area contributed by atoms with Crippen LogP contribution in [-0.2, 0) is 4.79 Å². The molecule has 120 valence electrons. The number of hydrogen-bond donors (Lipinski definition) is 1. The van der Waals surface area contributed by atoms with Gasteiger partial charge in [0.15, 0.2) is 11.5 Å². The van der Waals surface area contributed by atoms with Crippen LogP contribution in [0.1, 0.15) is 0 Å². The van der Waals surface area contributed by atoms with Gasteiger partial charge in [-0.25, -0.2) is 0 Å². The monoisotopic (exact) mass is 347 g/mol. The van der Waals surface area contributed by atoms with Crippen LogP contribution in [0.5, 0.6) is 11.5 Å². The van der Waals surface area contributed by atoms with Crippen molar-refractivity contribution in [1.29, 1.82) is 0 Å². The van der Waals surface area contributed by atoms with E-state index in [-0.39, 0.29) is 5.91 Å². The summed E-state index contributed by atoms with van der Waals surface area (Å²) >= 11 is 3.10. The second-order valence-electron chi connectivity index (χ2n) is 4.84. The number of benzene rings is 2. The molecule has 0 radical (unpaired) electrons. The van der Waals surface area contributed by atoms with Gasteiger partial charge in [-0.05, 0) is 36.6 Å². The van der Waals surface area contributed by atoms with E-state index in [0.717, 1.165) is 27.0 Å². The van der Waals surface area contributed by atoms with E-state index in [0.29, 0.717) is 19.0 Å². The Morgan fingerprint density at radius 1 is 1.13 bits per heavy atom. The second-order valence-corrected chi connectivity index (χ2v) is 6.74. The number of ether oxygens (including phenoxy) is 2. The van der Waals surface area contributed by atoms with Gasteiger partial charge in [0.25, 0.3) is 0 Å². The quantitative estimate of drug-likeness (QED) is 0.831. The Labute approximate surface area is 143 Å². The predicted octanol–water partition coefficient (Wildman–Crippen LogP) is 3.91. The molecule has 0 fully saturated rings. The van der Waals surface area contributed by atoms with Crippen molar-refractivity contribution in [3.05, 3.63) is 42.5 Å². The molecule has 23 heavy (non-hydrogen) atoms. The molecule has 1 aliphatic rings. The van der Waals surface area contributed by atoms with E-state index in [1.54, 1.807) is 11.8 Å². The summed E-state index contributed by atoms with van der Waals surface area (Å²) in [6.07, 6.45) is 1.99. The molecule has 0 bridgehead atoms. The Kier molecular flexibility index (Phi) is 5.35. The highest BCUT2D eigenvalue weighted by molar-refractivity contribution is 8.00. The molecule has 4 nitrogen and oxygen atoms in total. The molecule has 0 saturated heterocycles. The van der Waals surface area contributed by atoms with Crippen molar-refractivity contribution in [2.45, 2.75) is 9.79 Å². The smallest absolute Gasteiger partial charge is 0.234 e. The summed E-state index contributed by atoms with van der Waals surface area (Å²) in [5.41, 5.74) is 0.854. The first-order valence-corrected chi connectivity index (χ1v) is 9.42. The largest absolute Gasteiger partial charge is 0.486 e. The molecule has 1 aliphatic heterocycles. The lowest BCUT2D eigenvalue weighted by atomic mass is 10.3. The van der Waals surface area contributed by atoms with Crippen LogP contribution in [0, 0.1) is 0 Å². The zero-order chi connectivity index (χ0) is 16.1. The van der Waals surface area contributed by atoms with E-state index in [4.69, 9.17) is 9.47 Å². The van der Waals surface area contributed by atoms with Crippen LogP contribution in [-0.4, -0.2) is 31.1 Å². The van der Waals surface area contributed by atoms with Gasteiger partial charge in [0, 0.05) is 9.79 Å². The van der Waals surface area contributed by atoms with Gasteiger partial charge in [-0.1, -0.05) is 12.1 Å². The zero-order valence-electron chi connectivity index (χ0n) is 12.7. The number of rotatable bonds is 5. The molecule has 1 N–H and O–H groups in total. The minimum Gasteiger partial charge on any atom is -0.486 e. The van der Waals surface area contributed by atoms with Crippen LogP contribution < -0.4 is 14.8 Å². The molecule has 6 heteroatoms. The minimum atomic E-state index is -0.0219. The maximum absolute atomic E-state index is 12.1. The van der Waals surface area contributed by atoms with Crippen molar-refractivity contribution >= 4 is 35.1 Å². The van der Waals surface area contributed by atoms with Crippen LogP contribution in [0.3, 0.4) is 0 Å². The topological polar surface area (TPSA) is 47.6 Å². The molecule has 2 aromatic carbocycles. The van der Waals surface area contributed by atoms with E-state index in [1.165, 1.54) is 11.8 Å². The Morgan fingerprint density at radius 3 is 2.74 bits per heavy atom. The summed E-state index contributed by atoms with van der Waals surface area (Å²) in [7, 11) is 0. The Bertz CT molecular complexity index is 706. The lowest BCUT2D eigenvalue weighted by molar-refractivity contribution is -0.113. The summed E-state index contributed by atoms with van der Waals surface area (Å²) in [5, 5.41) is 2.96. The number of amides is 1. The maximum atomic E-state index is 12.1. The first-order chi connectivity index (χ1) is 11.3. The van der Waals surface area contributed by atoms with E-state index < -0.39 is 0 Å². The van der Waals surface area contributed by atoms with Crippen LogP contribution in [0.4, 0.5) is 5.69 Å². The van der Waals surface area contributed by atoms with Crippen LogP contribution >= 0.6 is 23.5 Å². The predicted molar refractivity (Wildman–Crippen MR) is 95.0 cm³/mol. The van der Waals surface area contributed by atoms with Crippen molar-refractivity contribution in [1.82, 2.24) is 0 Å². The van der Waals surface area contributed by atoms with Gasteiger partial charge < -0.3 is 14.8 Å². The fourth-order valence-corrected chi connectivity index (χ4v) is 3.47. The average molecular weight is 347 g/mol. The van der Waals surface area contributed by atoms with Gasteiger partial charge in [-0.3, -0.25) is 4.79 Å². The first kappa shape index (κ1) is 16.1.